The summed E-state index contributed by atoms with van der Waals surface area (Å²) in [5.74, 6) is 0. The third-order valence-electron chi connectivity index (χ3n) is 2.11. The number of methoxy groups -OCH3 is 1. The predicted molar refractivity (Wildman–Crippen MR) is 60.6 cm³/mol. The summed E-state index contributed by atoms with van der Waals surface area (Å²) in [4.78, 5) is 0. The number of nitrogens with two attached hydrogens (primary N) is 1. The first-order valence-electron chi connectivity index (χ1n) is 4.75. The highest BCUT2D eigenvalue weighted by Gasteiger charge is 2.06. The fraction of sp³-hybridized carbons (Fsp3) is 0.455. The first kappa shape index (κ1) is 10.9. The lowest BCUT2D eigenvalue weighted by Crippen LogP contribution is -2.22. The Morgan fingerprint density at radius 2 is 2.21 bits per heavy atom. The first-order chi connectivity index (χ1) is 6.65. The van der Waals surface area contributed by atoms with Crippen LogP contribution in [0.5, 0.6) is 0 Å². The van der Waals surface area contributed by atoms with Crippen molar-refractivity contribution in [3.63, 3.8) is 0 Å². The second-order valence-electron chi connectivity index (χ2n) is 3.54. The largest absolute Gasteiger partial charge is 0.397 e. The zero-order chi connectivity index (χ0) is 10.6. The third-order valence-corrected chi connectivity index (χ3v) is 2.11. The van der Waals surface area contributed by atoms with Crippen LogP contribution in [-0.4, -0.2) is 19.8 Å². The number of hydrogen-bond donors (Lipinski definition) is 2. The van der Waals surface area contributed by atoms with E-state index in [1.165, 1.54) is 0 Å². The number of anilines is 2. The molecule has 0 radical (unpaired) electrons. The molecule has 1 unspecified atom stereocenters. The first-order valence-corrected chi connectivity index (χ1v) is 4.75. The molecule has 14 heavy (non-hydrogen) atoms. The Kier molecular flexibility index (Phi) is 3.77. The van der Waals surface area contributed by atoms with Gasteiger partial charge in [0.05, 0.1) is 18.0 Å². The van der Waals surface area contributed by atoms with Gasteiger partial charge in [0.25, 0.3) is 0 Å². The van der Waals surface area contributed by atoms with E-state index in [2.05, 4.69) is 12.2 Å². The summed E-state index contributed by atoms with van der Waals surface area (Å²) in [5.41, 5.74) is 8.82. The van der Waals surface area contributed by atoms with Crippen LogP contribution in [0.25, 0.3) is 0 Å². The van der Waals surface area contributed by atoms with Crippen LogP contribution in [-0.2, 0) is 4.74 Å². The van der Waals surface area contributed by atoms with E-state index < -0.39 is 0 Å². The van der Waals surface area contributed by atoms with Gasteiger partial charge < -0.3 is 15.8 Å². The molecule has 0 amide bonds. The molecule has 1 aromatic carbocycles. The predicted octanol–water partition coefficient (Wildman–Crippen LogP) is 2.02. The van der Waals surface area contributed by atoms with E-state index >= 15 is 0 Å². The number of benzene rings is 1. The lowest BCUT2D eigenvalue weighted by atomic mass is 10.1. The summed E-state index contributed by atoms with van der Waals surface area (Å²) in [6.45, 7) is 4.78. The van der Waals surface area contributed by atoms with E-state index in [0.29, 0.717) is 6.61 Å². The molecular formula is C11H18N2O. The van der Waals surface area contributed by atoms with Crippen molar-refractivity contribution in [1.29, 1.82) is 0 Å². The Bertz CT molecular complexity index is 279. The molecule has 0 spiro atoms. The van der Waals surface area contributed by atoms with Crippen LogP contribution in [0.2, 0.25) is 0 Å². The molecule has 0 heterocycles. The maximum atomic E-state index is 5.86. The summed E-state index contributed by atoms with van der Waals surface area (Å²) in [7, 11) is 1.69. The average molecular weight is 194 g/mol. The van der Waals surface area contributed by atoms with Crippen molar-refractivity contribution >= 4 is 11.4 Å². The van der Waals surface area contributed by atoms with Crippen molar-refractivity contribution < 1.29 is 4.74 Å². The number of nitrogen functional groups attached to an aromatic ring is 1. The van der Waals surface area contributed by atoms with Gasteiger partial charge in [-0.1, -0.05) is 12.1 Å². The van der Waals surface area contributed by atoms with Crippen LogP contribution >= 0.6 is 0 Å². The van der Waals surface area contributed by atoms with Crippen LogP contribution in [0.4, 0.5) is 11.4 Å². The van der Waals surface area contributed by atoms with E-state index in [9.17, 15) is 0 Å². The zero-order valence-corrected chi connectivity index (χ0v) is 9.00. The van der Waals surface area contributed by atoms with Gasteiger partial charge >= 0.3 is 0 Å². The fourth-order valence-corrected chi connectivity index (χ4v) is 1.43. The molecule has 1 aromatic rings. The fourth-order valence-electron chi connectivity index (χ4n) is 1.43. The topological polar surface area (TPSA) is 47.3 Å². The lowest BCUT2D eigenvalue weighted by molar-refractivity contribution is 0.190. The van der Waals surface area contributed by atoms with Crippen LogP contribution in [0, 0.1) is 6.92 Å². The molecule has 3 nitrogen and oxygen atoms in total. The highest BCUT2D eigenvalue weighted by Crippen LogP contribution is 2.23. The monoisotopic (exact) mass is 194 g/mol. The molecule has 0 aromatic heterocycles. The van der Waals surface area contributed by atoms with Crippen molar-refractivity contribution in [2.45, 2.75) is 19.9 Å². The Labute approximate surface area is 85.3 Å². The average Bonchev–Trinajstić information content (AvgIpc) is 2.12. The molecule has 0 aliphatic rings. The Hall–Kier alpha value is -1.22. The van der Waals surface area contributed by atoms with Gasteiger partial charge in [0.2, 0.25) is 0 Å². The molecule has 3 heteroatoms. The molecule has 1 atom stereocenters. The van der Waals surface area contributed by atoms with Gasteiger partial charge in [-0.3, -0.25) is 0 Å². The molecule has 0 aliphatic carbocycles. The van der Waals surface area contributed by atoms with Crippen LogP contribution in [0.3, 0.4) is 0 Å². The Morgan fingerprint density at radius 3 is 2.79 bits per heavy atom. The van der Waals surface area contributed by atoms with Gasteiger partial charge in [-0.05, 0) is 25.5 Å². The van der Waals surface area contributed by atoms with Crippen molar-refractivity contribution in [2.75, 3.05) is 24.8 Å². The van der Waals surface area contributed by atoms with Crippen molar-refractivity contribution in [2.24, 2.45) is 0 Å². The van der Waals surface area contributed by atoms with Gasteiger partial charge in [-0.25, -0.2) is 0 Å². The Balaban J connectivity index is 2.75. The lowest BCUT2D eigenvalue weighted by Gasteiger charge is -2.17. The third kappa shape index (κ3) is 2.64. The van der Waals surface area contributed by atoms with Gasteiger partial charge in [0, 0.05) is 13.2 Å². The van der Waals surface area contributed by atoms with E-state index in [1.807, 2.05) is 25.1 Å². The minimum Gasteiger partial charge on any atom is -0.397 e. The van der Waals surface area contributed by atoms with E-state index in [1.54, 1.807) is 7.11 Å². The van der Waals surface area contributed by atoms with Gasteiger partial charge in [-0.2, -0.15) is 0 Å². The SMILES string of the molecule is COCC(C)Nc1c(C)cccc1N. The summed E-state index contributed by atoms with van der Waals surface area (Å²) in [6, 6.07) is 6.16. The number of para-hydroxylation sites is 1. The second-order valence-corrected chi connectivity index (χ2v) is 3.54. The van der Waals surface area contributed by atoms with Crippen LogP contribution in [0.15, 0.2) is 18.2 Å². The molecule has 0 aliphatic heterocycles. The number of hydrogen-bond acceptors (Lipinski definition) is 3. The van der Waals surface area contributed by atoms with Crippen LogP contribution < -0.4 is 11.1 Å². The van der Waals surface area contributed by atoms with E-state index in [4.69, 9.17) is 10.5 Å². The van der Waals surface area contributed by atoms with Gasteiger partial charge in [0.1, 0.15) is 0 Å². The molecule has 1 rings (SSSR count). The van der Waals surface area contributed by atoms with E-state index in [-0.39, 0.29) is 6.04 Å². The second kappa shape index (κ2) is 4.86. The van der Waals surface area contributed by atoms with Gasteiger partial charge in [0.15, 0.2) is 0 Å². The van der Waals surface area contributed by atoms with Gasteiger partial charge in [-0.15, -0.1) is 0 Å². The quantitative estimate of drug-likeness (QED) is 0.721. The molecule has 3 N–H and O–H groups in total. The number of nitrogens with one attached hydrogen (secondary N) is 1. The molecule has 0 bridgehead atoms. The highest BCUT2D eigenvalue weighted by atomic mass is 16.5. The van der Waals surface area contributed by atoms with Crippen molar-refractivity contribution in [1.82, 2.24) is 0 Å². The summed E-state index contributed by atoms with van der Waals surface area (Å²) in [6.07, 6.45) is 0. The molecule has 78 valence electrons. The maximum Gasteiger partial charge on any atom is 0.0661 e. The maximum absolute atomic E-state index is 5.86. The van der Waals surface area contributed by atoms with Crippen molar-refractivity contribution in [3.8, 4) is 0 Å². The molecular weight excluding hydrogens is 176 g/mol. The molecule has 0 fully saturated rings. The summed E-state index contributed by atoms with van der Waals surface area (Å²) in [5, 5.41) is 3.33. The number of aryl methyl sites for hydroxylation is 1. The molecule has 0 saturated carbocycles. The molecule has 0 saturated heterocycles. The highest BCUT2D eigenvalue weighted by molar-refractivity contribution is 5.70. The number of ether oxygens (including phenoxy) is 1. The van der Waals surface area contributed by atoms with E-state index in [0.717, 1.165) is 16.9 Å². The summed E-state index contributed by atoms with van der Waals surface area (Å²) >= 11 is 0. The minimum atomic E-state index is 0.267. The normalized spacial score (nSPS) is 12.5. The Morgan fingerprint density at radius 1 is 1.50 bits per heavy atom. The van der Waals surface area contributed by atoms with Crippen molar-refractivity contribution in [3.05, 3.63) is 23.8 Å². The number of rotatable bonds is 4. The minimum absolute atomic E-state index is 0.267. The summed E-state index contributed by atoms with van der Waals surface area (Å²) < 4.78 is 5.05. The standard InChI is InChI=1S/C11H18N2O/c1-8-5-4-6-10(12)11(8)13-9(2)7-14-3/h4-6,9,13H,7,12H2,1-3H3. The zero-order valence-electron chi connectivity index (χ0n) is 9.00. The smallest absolute Gasteiger partial charge is 0.0661 e. The van der Waals surface area contributed by atoms with Crippen LogP contribution in [0.1, 0.15) is 12.5 Å².